The van der Waals surface area contributed by atoms with Gasteiger partial charge in [0, 0.05) is 13.6 Å². The van der Waals surface area contributed by atoms with Crippen molar-refractivity contribution in [2.24, 2.45) is 0 Å². The van der Waals surface area contributed by atoms with Gasteiger partial charge in [0.15, 0.2) is 0 Å². The minimum atomic E-state index is -0.806. The van der Waals surface area contributed by atoms with Gasteiger partial charge in [-0.25, -0.2) is 4.79 Å². The molecule has 0 aliphatic heterocycles. The summed E-state index contributed by atoms with van der Waals surface area (Å²) in [7, 11) is 1.72. The van der Waals surface area contributed by atoms with Crippen LogP contribution in [0.2, 0.25) is 0 Å². The number of nitrogens with one attached hydrogen (secondary N) is 1. The third kappa shape index (κ3) is 5.92. The molecule has 0 radical (unpaired) electrons. The van der Waals surface area contributed by atoms with Crippen molar-refractivity contribution in [3.63, 3.8) is 0 Å². The van der Waals surface area contributed by atoms with Gasteiger partial charge >= 0.3 is 6.09 Å². The summed E-state index contributed by atoms with van der Waals surface area (Å²) in [6.07, 6.45) is -0.618. The summed E-state index contributed by atoms with van der Waals surface area (Å²) in [6, 6.07) is 18.1. The number of hydrogen-bond acceptors (Lipinski definition) is 3. The topological polar surface area (TPSA) is 58.6 Å². The molecule has 138 valence electrons. The second kappa shape index (κ2) is 8.52. The van der Waals surface area contributed by atoms with Gasteiger partial charge in [-0.1, -0.05) is 60.7 Å². The van der Waals surface area contributed by atoms with E-state index in [0.717, 1.165) is 5.56 Å². The number of carbonyl (C=O) groups is 2. The first-order chi connectivity index (χ1) is 12.3. The maximum atomic E-state index is 13.0. The zero-order chi connectivity index (χ0) is 19.2. The summed E-state index contributed by atoms with van der Waals surface area (Å²) in [5, 5.41) is 2.70. The van der Waals surface area contributed by atoms with Gasteiger partial charge in [-0.15, -0.1) is 0 Å². The number of alkyl carbamates (subject to hydrolysis) is 1. The highest BCUT2D eigenvalue weighted by Gasteiger charge is 2.28. The average Bonchev–Trinajstić information content (AvgIpc) is 2.59. The van der Waals surface area contributed by atoms with Crippen LogP contribution in [0.15, 0.2) is 60.7 Å². The fourth-order valence-corrected chi connectivity index (χ4v) is 2.51. The fraction of sp³-hybridized carbons (Fsp3) is 0.333. The van der Waals surface area contributed by atoms with Crippen LogP contribution in [0, 0.1) is 0 Å². The van der Waals surface area contributed by atoms with E-state index in [2.05, 4.69) is 5.32 Å². The lowest BCUT2D eigenvalue weighted by Crippen LogP contribution is -2.43. The summed E-state index contributed by atoms with van der Waals surface area (Å²) in [6.45, 7) is 5.81. The highest BCUT2D eigenvalue weighted by Crippen LogP contribution is 2.18. The van der Waals surface area contributed by atoms with Crippen LogP contribution in [-0.2, 0) is 16.1 Å². The molecule has 0 spiro atoms. The van der Waals surface area contributed by atoms with E-state index in [1.54, 1.807) is 32.7 Å². The third-order valence-corrected chi connectivity index (χ3v) is 3.68. The zero-order valence-corrected chi connectivity index (χ0v) is 15.7. The van der Waals surface area contributed by atoms with E-state index < -0.39 is 17.7 Å². The maximum absolute atomic E-state index is 13.0. The first-order valence-corrected chi connectivity index (χ1v) is 8.59. The Hall–Kier alpha value is -2.82. The Balaban J connectivity index is 2.17. The Bertz CT molecular complexity index is 724. The molecule has 0 bridgehead atoms. The molecule has 0 aliphatic carbocycles. The van der Waals surface area contributed by atoms with Crippen LogP contribution in [0.25, 0.3) is 0 Å². The Kier molecular flexibility index (Phi) is 6.39. The number of benzene rings is 2. The van der Waals surface area contributed by atoms with E-state index in [9.17, 15) is 9.59 Å². The van der Waals surface area contributed by atoms with Crippen LogP contribution in [-0.4, -0.2) is 29.5 Å². The van der Waals surface area contributed by atoms with Crippen molar-refractivity contribution >= 4 is 12.0 Å². The molecule has 0 saturated heterocycles. The summed E-state index contributed by atoms with van der Waals surface area (Å²) in [4.78, 5) is 26.8. The molecular weight excluding hydrogens is 328 g/mol. The maximum Gasteiger partial charge on any atom is 0.408 e. The Morgan fingerprint density at radius 3 is 2.08 bits per heavy atom. The Labute approximate surface area is 155 Å². The second-order valence-corrected chi connectivity index (χ2v) is 7.17. The van der Waals surface area contributed by atoms with Gasteiger partial charge in [0.2, 0.25) is 5.91 Å². The first kappa shape index (κ1) is 19.5. The van der Waals surface area contributed by atoms with Gasteiger partial charge in [0.1, 0.15) is 11.6 Å². The van der Waals surface area contributed by atoms with Crippen LogP contribution >= 0.6 is 0 Å². The normalized spacial score (nSPS) is 12.2. The lowest BCUT2D eigenvalue weighted by Gasteiger charge is -2.27. The van der Waals surface area contributed by atoms with Crippen LogP contribution in [0.5, 0.6) is 0 Å². The summed E-state index contributed by atoms with van der Waals surface area (Å²) in [5.74, 6) is -0.203. The minimum Gasteiger partial charge on any atom is -0.444 e. The smallest absolute Gasteiger partial charge is 0.408 e. The third-order valence-electron chi connectivity index (χ3n) is 3.68. The first-order valence-electron chi connectivity index (χ1n) is 8.59. The number of amides is 2. The van der Waals surface area contributed by atoms with Crippen LogP contribution in [0.3, 0.4) is 0 Å². The van der Waals surface area contributed by atoms with Crippen LogP contribution in [0.1, 0.15) is 37.9 Å². The predicted octanol–water partition coefficient (Wildman–Crippen LogP) is 3.91. The van der Waals surface area contributed by atoms with E-state index in [1.165, 1.54) is 0 Å². The molecule has 5 heteroatoms. The van der Waals surface area contributed by atoms with Gasteiger partial charge in [-0.2, -0.15) is 0 Å². The molecule has 0 fully saturated rings. The van der Waals surface area contributed by atoms with E-state index in [1.807, 2.05) is 60.7 Å². The number of carbonyl (C=O) groups excluding carboxylic acids is 2. The lowest BCUT2D eigenvalue weighted by atomic mass is 10.1. The fourth-order valence-electron chi connectivity index (χ4n) is 2.51. The number of nitrogens with zero attached hydrogens (tertiary/aromatic N) is 1. The molecule has 2 aromatic carbocycles. The molecule has 0 saturated carbocycles. The highest BCUT2D eigenvalue weighted by atomic mass is 16.6. The molecular formula is C21H26N2O3. The van der Waals surface area contributed by atoms with Crippen LogP contribution < -0.4 is 5.32 Å². The van der Waals surface area contributed by atoms with Gasteiger partial charge in [-0.3, -0.25) is 4.79 Å². The quantitative estimate of drug-likeness (QED) is 0.885. The second-order valence-electron chi connectivity index (χ2n) is 7.17. The molecule has 2 rings (SSSR count). The minimum absolute atomic E-state index is 0.203. The summed E-state index contributed by atoms with van der Waals surface area (Å²) in [5.41, 5.74) is 1.10. The molecule has 26 heavy (non-hydrogen) atoms. The summed E-state index contributed by atoms with van der Waals surface area (Å²) >= 11 is 0. The summed E-state index contributed by atoms with van der Waals surface area (Å²) < 4.78 is 5.32. The monoisotopic (exact) mass is 354 g/mol. The molecule has 2 amide bonds. The van der Waals surface area contributed by atoms with E-state index in [0.29, 0.717) is 12.1 Å². The largest absolute Gasteiger partial charge is 0.444 e. The average molecular weight is 354 g/mol. The van der Waals surface area contributed by atoms with Gasteiger partial charge in [0.25, 0.3) is 0 Å². The van der Waals surface area contributed by atoms with E-state index >= 15 is 0 Å². The van der Waals surface area contributed by atoms with Gasteiger partial charge in [-0.05, 0) is 31.9 Å². The molecule has 1 N–H and O–H groups in total. The Morgan fingerprint density at radius 1 is 1.00 bits per heavy atom. The van der Waals surface area contributed by atoms with Gasteiger partial charge < -0.3 is 15.0 Å². The molecule has 5 nitrogen and oxygen atoms in total. The van der Waals surface area contributed by atoms with Crippen molar-refractivity contribution in [2.75, 3.05) is 7.05 Å². The van der Waals surface area contributed by atoms with E-state index in [4.69, 9.17) is 4.74 Å². The molecule has 0 aliphatic rings. The van der Waals surface area contributed by atoms with Crippen molar-refractivity contribution in [2.45, 2.75) is 39.0 Å². The van der Waals surface area contributed by atoms with Crippen molar-refractivity contribution in [3.05, 3.63) is 71.8 Å². The molecule has 2 aromatic rings. The molecule has 0 unspecified atom stereocenters. The van der Waals surface area contributed by atoms with Crippen molar-refractivity contribution in [3.8, 4) is 0 Å². The molecule has 0 heterocycles. The molecule has 0 aromatic heterocycles. The lowest BCUT2D eigenvalue weighted by molar-refractivity contribution is -0.132. The Morgan fingerprint density at radius 2 is 1.54 bits per heavy atom. The van der Waals surface area contributed by atoms with Crippen molar-refractivity contribution in [1.29, 1.82) is 0 Å². The number of likely N-dealkylation sites (N-methyl/N-ethyl adjacent to an activating group) is 1. The van der Waals surface area contributed by atoms with Crippen LogP contribution in [0.4, 0.5) is 4.79 Å². The highest BCUT2D eigenvalue weighted by molar-refractivity contribution is 5.86. The number of rotatable bonds is 5. The van der Waals surface area contributed by atoms with Gasteiger partial charge in [0.05, 0.1) is 0 Å². The van der Waals surface area contributed by atoms with Crippen molar-refractivity contribution in [1.82, 2.24) is 10.2 Å². The SMILES string of the molecule is CN(Cc1ccccc1)C(=O)[C@H](NC(=O)OC(C)(C)C)c1ccccc1. The van der Waals surface area contributed by atoms with E-state index in [-0.39, 0.29) is 5.91 Å². The van der Waals surface area contributed by atoms with Crippen molar-refractivity contribution < 1.29 is 14.3 Å². The zero-order valence-electron chi connectivity index (χ0n) is 15.7. The predicted molar refractivity (Wildman–Crippen MR) is 101 cm³/mol. The standard InChI is InChI=1S/C21H26N2O3/c1-21(2,3)26-20(25)22-18(17-13-9-6-10-14-17)19(24)23(4)15-16-11-7-5-8-12-16/h5-14,18H,15H2,1-4H3,(H,22,25)/t18-/m1/s1. The number of ether oxygens (including phenoxy) is 1. The molecule has 1 atom stereocenters. The number of hydrogen-bond donors (Lipinski definition) is 1.